The Bertz CT molecular complexity index is 511. The molecule has 1 unspecified atom stereocenters. The second-order valence-corrected chi connectivity index (χ2v) is 6.28. The molecule has 0 fully saturated rings. The minimum Gasteiger partial charge on any atom is -0.323 e. The zero-order valence-electron chi connectivity index (χ0n) is 12.0. The molecule has 1 aromatic heterocycles. The minimum absolute atomic E-state index is 0.0110. The SMILES string of the molecule is CC(C)Cc1ccc(C(N)CSc2ncccn2)cc1. The molecule has 1 heterocycles. The van der Waals surface area contributed by atoms with E-state index in [1.54, 1.807) is 24.2 Å². The van der Waals surface area contributed by atoms with Crippen LogP contribution >= 0.6 is 11.8 Å². The Morgan fingerprint density at radius 2 is 1.75 bits per heavy atom. The molecule has 0 amide bonds. The fourth-order valence-electron chi connectivity index (χ4n) is 1.99. The van der Waals surface area contributed by atoms with E-state index in [0.29, 0.717) is 5.92 Å². The molecule has 106 valence electrons. The Morgan fingerprint density at radius 1 is 1.10 bits per heavy atom. The van der Waals surface area contributed by atoms with Gasteiger partial charge >= 0.3 is 0 Å². The lowest BCUT2D eigenvalue weighted by molar-refractivity contribution is 0.647. The number of nitrogens with zero attached hydrogens (tertiary/aromatic N) is 2. The van der Waals surface area contributed by atoms with E-state index in [2.05, 4.69) is 48.1 Å². The van der Waals surface area contributed by atoms with Gasteiger partial charge in [0.05, 0.1) is 0 Å². The maximum atomic E-state index is 6.22. The lowest BCUT2D eigenvalue weighted by Gasteiger charge is -2.12. The molecule has 3 nitrogen and oxygen atoms in total. The normalized spacial score (nSPS) is 12.6. The molecule has 0 bridgehead atoms. The van der Waals surface area contributed by atoms with Crippen LogP contribution in [-0.4, -0.2) is 15.7 Å². The van der Waals surface area contributed by atoms with E-state index in [1.807, 2.05) is 6.07 Å². The predicted molar refractivity (Wildman–Crippen MR) is 84.7 cm³/mol. The number of thioether (sulfide) groups is 1. The third-order valence-corrected chi connectivity index (χ3v) is 3.98. The predicted octanol–water partition coefficient (Wildman–Crippen LogP) is 3.47. The first-order chi connectivity index (χ1) is 9.65. The number of hydrogen-bond acceptors (Lipinski definition) is 4. The largest absolute Gasteiger partial charge is 0.323 e. The Morgan fingerprint density at radius 3 is 2.35 bits per heavy atom. The van der Waals surface area contributed by atoms with Crippen LogP contribution in [0.25, 0.3) is 0 Å². The van der Waals surface area contributed by atoms with Crippen molar-refractivity contribution in [2.45, 2.75) is 31.5 Å². The van der Waals surface area contributed by atoms with Gasteiger partial charge in [0.15, 0.2) is 5.16 Å². The van der Waals surface area contributed by atoms with Gasteiger partial charge in [-0.1, -0.05) is 49.9 Å². The van der Waals surface area contributed by atoms with E-state index in [9.17, 15) is 0 Å². The van der Waals surface area contributed by atoms with Crippen LogP contribution in [-0.2, 0) is 6.42 Å². The van der Waals surface area contributed by atoms with Crippen molar-refractivity contribution >= 4 is 11.8 Å². The smallest absolute Gasteiger partial charge is 0.187 e. The Balaban J connectivity index is 1.90. The number of nitrogens with two attached hydrogens (primary N) is 1. The topological polar surface area (TPSA) is 51.8 Å². The van der Waals surface area contributed by atoms with Gasteiger partial charge in [-0.05, 0) is 29.5 Å². The standard InChI is InChI=1S/C16H21N3S/c1-12(2)10-13-4-6-14(7-5-13)15(17)11-20-16-18-8-3-9-19-16/h3-9,12,15H,10-11,17H2,1-2H3. The van der Waals surface area contributed by atoms with Crippen LogP contribution < -0.4 is 5.73 Å². The highest BCUT2D eigenvalue weighted by Gasteiger charge is 2.08. The first-order valence-electron chi connectivity index (χ1n) is 6.89. The molecule has 0 saturated heterocycles. The van der Waals surface area contributed by atoms with Crippen molar-refractivity contribution in [3.63, 3.8) is 0 Å². The summed E-state index contributed by atoms with van der Waals surface area (Å²) in [7, 11) is 0. The van der Waals surface area contributed by atoms with Gasteiger partial charge in [0.25, 0.3) is 0 Å². The molecule has 2 rings (SSSR count). The summed E-state index contributed by atoms with van der Waals surface area (Å²) in [5.74, 6) is 1.47. The molecule has 20 heavy (non-hydrogen) atoms. The Kier molecular flexibility index (Phi) is 5.56. The van der Waals surface area contributed by atoms with Gasteiger partial charge < -0.3 is 5.73 Å². The molecule has 0 aliphatic rings. The third-order valence-electron chi connectivity index (χ3n) is 2.99. The van der Waals surface area contributed by atoms with E-state index in [-0.39, 0.29) is 6.04 Å². The lowest BCUT2D eigenvalue weighted by Crippen LogP contribution is -2.13. The molecular formula is C16H21N3S. The monoisotopic (exact) mass is 287 g/mol. The van der Waals surface area contributed by atoms with E-state index in [0.717, 1.165) is 17.3 Å². The average molecular weight is 287 g/mol. The second-order valence-electron chi connectivity index (χ2n) is 5.29. The van der Waals surface area contributed by atoms with Gasteiger partial charge in [-0.3, -0.25) is 0 Å². The summed E-state index contributed by atoms with van der Waals surface area (Å²) in [5.41, 5.74) is 8.76. The van der Waals surface area contributed by atoms with Crippen LogP contribution in [0.1, 0.15) is 31.0 Å². The van der Waals surface area contributed by atoms with Crippen molar-refractivity contribution in [2.24, 2.45) is 11.7 Å². The fraction of sp³-hybridized carbons (Fsp3) is 0.375. The van der Waals surface area contributed by atoms with Crippen LogP contribution in [0.5, 0.6) is 0 Å². The molecule has 0 radical (unpaired) electrons. The number of aromatic nitrogens is 2. The van der Waals surface area contributed by atoms with E-state index >= 15 is 0 Å². The van der Waals surface area contributed by atoms with Crippen LogP contribution in [0.2, 0.25) is 0 Å². The summed E-state index contributed by atoms with van der Waals surface area (Å²) in [6.07, 6.45) is 4.62. The van der Waals surface area contributed by atoms with Crippen LogP contribution in [0.4, 0.5) is 0 Å². The Labute approximate surface area is 125 Å². The second kappa shape index (κ2) is 7.41. The zero-order chi connectivity index (χ0) is 14.4. The van der Waals surface area contributed by atoms with Gasteiger partial charge in [-0.15, -0.1) is 0 Å². The van der Waals surface area contributed by atoms with Crippen LogP contribution in [0.3, 0.4) is 0 Å². The average Bonchev–Trinajstić information content (AvgIpc) is 2.46. The molecule has 4 heteroatoms. The van der Waals surface area contributed by atoms with Crippen molar-refractivity contribution in [1.29, 1.82) is 0 Å². The maximum Gasteiger partial charge on any atom is 0.187 e. The summed E-state index contributed by atoms with van der Waals surface area (Å²) < 4.78 is 0. The van der Waals surface area contributed by atoms with Gasteiger partial charge in [-0.2, -0.15) is 0 Å². The van der Waals surface area contributed by atoms with E-state index in [1.165, 1.54) is 11.1 Å². The highest BCUT2D eigenvalue weighted by Crippen LogP contribution is 2.21. The van der Waals surface area contributed by atoms with Crippen LogP contribution in [0, 0.1) is 5.92 Å². The Hall–Kier alpha value is -1.39. The van der Waals surface area contributed by atoms with Crippen molar-refractivity contribution in [2.75, 3.05) is 5.75 Å². The van der Waals surface area contributed by atoms with E-state index in [4.69, 9.17) is 5.73 Å². The molecule has 0 spiro atoms. The molecule has 2 aromatic rings. The number of rotatable bonds is 6. The number of hydrogen-bond donors (Lipinski definition) is 1. The molecule has 2 N–H and O–H groups in total. The summed E-state index contributed by atoms with van der Waals surface area (Å²) in [6, 6.07) is 10.5. The van der Waals surface area contributed by atoms with Gasteiger partial charge in [0.1, 0.15) is 0 Å². The minimum atomic E-state index is 0.0110. The van der Waals surface area contributed by atoms with Crippen molar-refractivity contribution < 1.29 is 0 Å². The van der Waals surface area contributed by atoms with Gasteiger partial charge in [-0.25, -0.2) is 9.97 Å². The quantitative estimate of drug-likeness (QED) is 0.653. The lowest BCUT2D eigenvalue weighted by atomic mass is 10.0. The highest BCUT2D eigenvalue weighted by atomic mass is 32.2. The molecular weight excluding hydrogens is 266 g/mol. The summed E-state index contributed by atoms with van der Waals surface area (Å²) in [4.78, 5) is 8.37. The third kappa shape index (κ3) is 4.62. The summed E-state index contributed by atoms with van der Waals surface area (Å²) in [6.45, 7) is 4.46. The first-order valence-corrected chi connectivity index (χ1v) is 7.88. The molecule has 1 atom stereocenters. The molecule has 0 aliphatic heterocycles. The summed E-state index contributed by atoms with van der Waals surface area (Å²) in [5, 5.41) is 0.777. The first kappa shape index (κ1) is 15.0. The fourth-order valence-corrected chi connectivity index (χ4v) is 2.78. The van der Waals surface area contributed by atoms with E-state index < -0.39 is 0 Å². The summed E-state index contributed by atoms with van der Waals surface area (Å²) >= 11 is 1.59. The van der Waals surface area contributed by atoms with Crippen molar-refractivity contribution in [3.8, 4) is 0 Å². The molecule has 0 saturated carbocycles. The zero-order valence-corrected chi connectivity index (χ0v) is 12.8. The van der Waals surface area contributed by atoms with Gasteiger partial charge in [0, 0.05) is 24.2 Å². The van der Waals surface area contributed by atoms with Gasteiger partial charge in [0.2, 0.25) is 0 Å². The maximum absolute atomic E-state index is 6.22. The van der Waals surface area contributed by atoms with Crippen molar-refractivity contribution in [1.82, 2.24) is 9.97 Å². The molecule has 0 aliphatic carbocycles. The number of benzene rings is 1. The van der Waals surface area contributed by atoms with Crippen LogP contribution in [0.15, 0.2) is 47.9 Å². The molecule has 1 aromatic carbocycles. The van der Waals surface area contributed by atoms with Crippen molar-refractivity contribution in [3.05, 3.63) is 53.9 Å². The highest BCUT2D eigenvalue weighted by molar-refractivity contribution is 7.99.